The minimum Gasteiger partial charge on any atom is -0.484 e. The summed E-state index contributed by atoms with van der Waals surface area (Å²) in [5.74, 6) is 0.543. The first-order valence-electron chi connectivity index (χ1n) is 5.43. The molecule has 5 heteroatoms. The summed E-state index contributed by atoms with van der Waals surface area (Å²) in [6, 6.07) is 12.6. The zero-order valence-corrected chi connectivity index (χ0v) is 14.2. The van der Waals surface area contributed by atoms with Crippen LogP contribution >= 0.6 is 50.1 Å². The molecule has 0 radical (unpaired) electrons. The van der Waals surface area contributed by atoms with Gasteiger partial charge in [0.15, 0.2) is 12.4 Å². The lowest BCUT2D eigenvalue weighted by atomic mass is 10.1. The molecule has 0 spiro atoms. The Hall–Kier alpha value is -0.590. The number of rotatable bonds is 4. The van der Waals surface area contributed by atoms with Gasteiger partial charge in [-0.25, -0.2) is 0 Å². The van der Waals surface area contributed by atoms with Gasteiger partial charge >= 0.3 is 0 Å². The van der Waals surface area contributed by atoms with Gasteiger partial charge in [-0.15, -0.1) is 0 Å². The molecule has 2 nitrogen and oxygen atoms in total. The van der Waals surface area contributed by atoms with Gasteiger partial charge in [0.2, 0.25) is 0 Å². The van der Waals surface area contributed by atoms with Crippen LogP contribution < -0.4 is 4.74 Å². The second-order valence-electron chi connectivity index (χ2n) is 3.79. The number of halogens is 3. The summed E-state index contributed by atoms with van der Waals surface area (Å²) in [6.45, 7) is 0.000818. The van der Waals surface area contributed by atoms with Gasteiger partial charge in [-0.2, -0.15) is 0 Å². The number of hydrogen-bond acceptors (Lipinski definition) is 2. The van der Waals surface area contributed by atoms with Crippen molar-refractivity contribution in [3.8, 4) is 5.75 Å². The van der Waals surface area contributed by atoms with E-state index < -0.39 is 0 Å². The summed E-state index contributed by atoms with van der Waals surface area (Å²) >= 11 is 11.4. The number of carbonyl (C=O) groups is 1. The molecule has 19 heavy (non-hydrogen) atoms. The normalized spacial score (nSPS) is 10.3. The molecule has 0 aliphatic heterocycles. The Kier molecular flexibility index (Phi) is 5.24. The van der Waals surface area contributed by atoms with Crippen molar-refractivity contribution in [1.29, 1.82) is 0 Å². The molecule has 0 N–H and O–H groups in total. The highest BCUT2D eigenvalue weighted by Gasteiger charge is 2.08. The summed E-state index contributed by atoms with van der Waals surface area (Å²) in [7, 11) is 0. The fourth-order valence-electron chi connectivity index (χ4n) is 1.45. The van der Waals surface area contributed by atoms with Crippen molar-refractivity contribution >= 4 is 55.9 Å². The van der Waals surface area contributed by atoms with Crippen LogP contribution in [-0.2, 0) is 0 Å². The average Bonchev–Trinajstić information content (AvgIpc) is 2.38. The van der Waals surface area contributed by atoms with Gasteiger partial charge in [-0.05, 0) is 68.9 Å². The summed E-state index contributed by atoms with van der Waals surface area (Å²) in [6.07, 6.45) is 0. The summed E-state index contributed by atoms with van der Waals surface area (Å²) in [5, 5.41) is 0.614. The second-order valence-corrected chi connectivity index (χ2v) is 6.33. The first kappa shape index (κ1) is 14.8. The highest BCUT2D eigenvalue weighted by molar-refractivity contribution is 14.1. The maximum absolute atomic E-state index is 11.9. The first-order chi connectivity index (χ1) is 9.06. The van der Waals surface area contributed by atoms with Crippen molar-refractivity contribution in [2.45, 2.75) is 0 Å². The predicted molar refractivity (Wildman–Crippen MR) is 88.1 cm³/mol. The molecule has 0 heterocycles. The summed E-state index contributed by atoms with van der Waals surface area (Å²) in [4.78, 5) is 11.9. The molecule has 0 saturated heterocycles. The molecule has 0 aliphatic carbocycles. The number of ketones is 1. The smallest absolute Gasteiger partial charge is 0.200 e. The molecule has 0 saturated carbocycles. The van der Waals surface area contributed by atoms with Gasteiger partial charge < -0.3 is 4.74 Å². The zero-order chi connectivity index (χ0) is 13.8. The Labute approximate surface area is 138 Å². The van der Waals surface area contributed by atoms with E-state index in [1.54, 1.807) is 30.3 Å². The van der Waals surface area contributed by atoms with Crippen molar-refractivity contribution in [1.82, 2.24) is 0 Å². The maximum atomic E-state index is 11.9. The van der Waals surface area contributed by atoms with Gasteiger partial charge in [0.25, 0.3) is 0 Å². The van der Waals surface area contributed by atoms with Crippen LogP contribution in [-0.4, -0.2) is 12.4 Å². The van der Waals surface area contributed by atoms with Crippen LogP contribution in [0.25, 0.3) is 0 Å². The van der Waals surface area contributed by atoms with E-state index in [4.69, 9.17) is 16.3 Å². The van der Waals surface area contributed by atoms with E-state index in [2.05, 4.69) is 38.5 Å². The fourth-order valence-corrected chi connectivity index (χ4v) is 2.61. The number of carbonyl (C=O) groups excluding carboxylic acids is 1. The second kappa shape index (κ2) is 6.72. The quantitative estimate of drug-likeness (QED) is 0.485. The molecule has 0 aromatic heterocycles. The van der Waals surface area contributed by atoms with Gasteiger partial charge in [0.1, 0.15) is 5.75 Å². The van der Waals surface area contributed by atoms with Crippen molar-refractivity contribution in [3.63, 3.8) is 0 Å². The molecular formula is C14H9BrClIO2. The van der Waals surface area contributed by atoms with E-state index in [9.17, 15) is 4.79 Å². The maximum Gasteiger partial charge on any atom is 0.200 e. The van der Waals surface area contributed by atoms with Crippen LogP contribution in [0.4, 0.5) is 0 Å². The van der Waals surface area contributed by atoms with Gasteiger partial charge in [0.05, 0.1) is 4.47 Å². The van der Waals surface area contributed by atoms with Crippen LogP contribution in [0.1, 0.15) is 10.4 Å². The molecular weight excluding hydrogens is 442 g/mol. The predicted octanol–water partition coefficient (Wildman–Crippen LogP) is 4.97. The molecule has 0 amide bonds. The minimum absolute atomic E-state index is 0.000818. The van der Waals surface area contributed by atoms with Gasteiger partial charge in [-0.3, -0.25) is 4.79 Å². The standard InChI is InChI=1S/C14H9BrClIO2/c15-12-7-10(16)3-6-14(12)19-8-13(18)9-1-4-11(17)5-2-9/h1-7H,8H2. The monoisotopic (exact) mass is 450 g/mol. The van der Waals surface area contributed by atoms with E-state index in [-0.39, 0.29) is 12.4 Å². The highest BCUT2D eigenvalue weighted by atomic mass is 127. The SMILES string of the molecule is O=C(COc1ccc(Cl)cc1Br)c1ccc(I)cc1. The molecule has 0 bridgehead atoms. The summed E-state index contributed by atoms with van der Waals surface area (Å²) in [5.41, 5.74) is 0.644. The molecule has 0 atom stereocenters. The average molecular weight is 451 g/mol. The Morgan fingerprint density at radius 3 is 2.53 bits per heavy atom. The Morgan fingerprint density at radius 1 is 1.21 bits per heavy atom. The van der Waals surface area contributed by atoms with E-state index in [1.807, 2.05) is 12.1 Å². The van der Waals surface area contributed by atoms with Crippen LogP contribution in [0.2, 0.25) is 5.02 Å². The van der Waals surface area contributed by atoms with Crippen LogP contribution in [0.15, 0.2) is 46.9 Å². The number of ether oxygens (including phenoxy) is 1. The van der Waals surface area contributed by atoms with Crippen molar-refractivity contribution in [3.05, 3.63) is 61.1 Å². The first-order valence-corrected chi connectivity index (χ1v) is 7.68. The lowest BCUT2D eigenvalue weighted by molar-refractivity contribution is 0.0921. The molecule has 0 unspecified atom stereocenters. The molecule has 98 valence electrons. The van der Waals surface area contributed by atoms with E-state index >= 15 is 0 Å². The number of benzene rings is 2. The molecule has 2 aromatic carbocycles. The van der Waals surface area contributed by atoms with Crippen LogP contribution in [0, 0.1) is 3.57 Å². The van der Waals surface area contributed by atoms with E-state index in [0.717, 1.165) is 8.04 Å². The molecule has 2 aromatic rings. The van der Waals surface area contributed by atoms with E-state index in [0.29, 0.717) is 16.3 Å². The fraction of sp³-hybridized carbons (Fsp3) is 0.0714. The summed E-state index contributed by atoms with van der Waals surface area (Å²) < 4.78 is 7.31. The number of hydrogen-bond donors (Lipinski definition) is 0. The van der Waals surface area contributed by atoms with Crippen LogP contribution in [0.3, 0.4) is 0 Å². The van der Waals surface area contributed by atoms with Gasteiger partial charge in [0, 0.05) is 14.2 Å². The molecule has 2 rings (SSSR count). The largest absolute Gasteiger partial charge is 0.484 e. The Bertz CT molecular complexity index is 599. The van der Waals surface area contributed by atoms with Gasteiger partial charge in [-0.1, -0.05) is 23.7 Å². The van der Waals surface area contributed by atoms with Crippen molar-refractivity contribution in [2.75, 3.05) is 6.61 Å². The Balaban J connectivity index is 2.02. The third-order valence-electron chi connectivity index (χ3n) is 2.42. The third kappa shape index (κ3) is 4.19. The lowest BCUT2D eigenvalue weighted by Crippen LogP contribution is -2.11. The van der Waals surface area contributed by atoms with Crippen molar-refractivity contribution in [2.24, 2.45) is 0 Å². The molecule has 0 aliphatic rings. The Morgan fingerprint density at radius 2 is 1.89 bits per heavy atom. The highest BCUT2D eigenvalue weighted by Crippen LogP contribution is 2.28. The lowest BCUT2D eigenvalue weighted by Gasteiger charge is -2.08. The molecule has 0 fully saturated rings. The zero-order valence-electron chi connectivity index (χ0n) is 9.70. The third-order valence-corrected chi connectivity index (χ3v) is 3.99. The van der Waals surface area contributed by atoms with Crippen molar-refractivity contribution < 1.29 is 9.53 Å². The topological polar surface area (TPSA) is 26.3 Å². The van der Waals surface area contributed by atoms with E-state index in [1.165, 1.54) is 0 Å². The number of Topliss-reactive ketones (excluding diaryl/α,β-unsaturated/α-hetero) is 1. The minimum atomic E-state index is -0.0572. The van der Waals surface area contributed by atoms with Crippen LogP contribution in [0.5, 0.6) is 5.75 Å².